The number of unbranched alkanes of at least 4 members (excludes halogenated alkanes) is 2. The van der Waals surface area contributed by atoms with Crippen LogP contribution in [0.1, 0.15) is 38.5 Å². The Morgan fingerprint density at radius 2 is 2.25 bits per heavy atom. The second-order valence-electron chi connectivity index (χ2n) is 4.40. The molecule has 1 atom stereocenters. The minimum Gasteiger partial charge on any atom is -0.469 e. The minimum absolute atomic E-state index is 0.116. The fourth-order valence-electron chi connectivity index (χ4n) is 2.26. The van der Waals surface area contributed by atoms with Crippen molar-refractivity contribution in [2.45, 2.75) is 44.6 Å². The van der Waals surface area contributed by atoms with E-state index in [0.717, 1.165) is 38.8 Å². The van der Waals surface area contributed by atoms with Gasteiger partial charge in [0.1, 0.15) is 0 Å². The summed E-state index contributed by atoms with van der Waals surface area (Å²) in [6.07, 6.45) is 5.92. The summed E-state index contributed by atoms with van der Waals surface area (Å²) in [6, 6.07) is 0.376. The maximum Gasteiger partial charge on any atom is 0.305 e. The Bertz CT molecular complexity index is 208. The summed E-state index contributed by atoms with van der Waals surface area (Å²) in [6.45, 7) is 2.44. The number of methoxy groups -OCH3 is 1. The number of likely N-dealkylation sites (tertiary alicyclic amines) is 1. The van der Waals surface area contributed by atoms with Crippen LogP contribution in [0.3, 0.4) is 0 Å². The van der Waals surface area contributed by atoms with E-state index in [2.05, 4.69) is 9.64 Å². The summed E-state index contributed by atoms with van der Waals surface area (Å²) in [5, 5.41) is 9.14. The fourth-order valence-corrected chi connectivity index (χ4v) is 2.26. The average molecular weight is 229 g/mol. The molecule has 0 unspecified atom stereocenters. The smallest absolute Gasteiger partial charge is 0.305 e. The molecule has 1 fully saturated rings. The van der Waals surface area contributed by atoms with E-state index in [9.17, 15) is 4.79 Å². The van der Waals surface area contributed by atoms with Gasteiger partial charge in [-0.3, -0.25) is 9.69 Å². The minimum atomic E-state index is -0.116. The largest absolute Gasteiger partial charge is 0.469 e. The van der Waals surface area contributed by atoms with Crippen LogP contribution in [0.4, 0.5) is 0 Å². The van der Waals surface area contributed by atoms with Crippen molar-refractivity contribution in [1.82, 2.24) is 4.90 Å². The van der Waals surface area contributed by atoms with E-state index >= 15 is 0 Å². The molecule has 0 radical (unpaired) electrons. The van der Waals surface area contributed by atoms with Gasteiger partial charge in [0.2, 0.25) is 0 Å². The van der Waals surface area contributed by atoms with Gasteiger partial charge in [-0.2, -0.15) is 0 Å². The summed E-state index contributed by atoms with van der Waals surface area (Å²) in [5.41, 5.74) is 0. The van der Waals surface area contributed by atoms with Gasteiger partial charge in [0, 0.05) is 12.5 Å². The van der Waals surface area contributed by atoms with E-state index in [1.54, 1.807) is 0 Å². The van der Waals surface area contributed by atoms with Gasteiger partial charge >= 0.3 is 5.97 Å². The lowest BCUT2D eigenvalue weighted by molar-refractivity contribution is -0.140. The van der Waals surface area contributed by atoms with E-state index in [4.69, 9.17) is 5.11 Å². The summed E-state index contributed by atoms with van der Waals surface area (Å²) in [4.78, 5) is 13.2. The molecule has 0 aromatic carbocycles. The molecule has 0 aliphatic carbocycles. The molecule has 4 nitrogen and oxygen atoms in total. The number of aliphatic hydroxyl groups is 1. The van der Waals surface area contributed by atoms with E-state index in [0.29, 0.717) is 12.5 Å². The average Bonchev–Trinajstić information content (AvgIpc) is 2.75. The fraction of sp³-hybridized carbons (Fsp3) is 0.917. The molecule has 1 saturated heterocycles. The van der Waals surface area contributed by atoms with Crippen LogP contribution < -0.4 is 0 Å². The molecule has 16 heavy (non-hydrogen) atoms. The summed E-state index contributed by atoms with van der Waals surface area (Å²) in [5.74, 6) is -0.116. The predicted molar refractivity (Wildman–Crippen MR) is 62.2 cm³/mol. The second kappa shape index (κ2) is 7.63. The second-order valence-corrected chi connectivity index (χ2v) is 4.40. The van der Waals surface area contributed by atoms with Crippen LogP contribution in [0.2, 0.25) is 0 Å². The zero-order valence-electron chi connectivity index (χ0n) is 10.2. The molecule has 4 heteroatoms. The maximum atomic E-state index is 10.9. The van der Waals surface area contributed by atoms with Crippen molar-refractivity contribution in [3.63, 3.8) is 0 Å². The number of ether oxygens (including phenoxy) is 1. The van der Waals surface area contributed by atoms with E-state index in [-0.39, 0.29) is 12.6 Å². The Kier molecular flexibility index (Phi) is 6.42. The summed E-state index contributed by atoms with van der Waals surface area (Å²) >= 11 is 0. The number of carbonyl (C=O) groups excluding carboxylic acids is 1. The molecular formula is C12H23NO3. The zero-order valence-corrected chi connectivity index (χ0v) is 10.2. The molecule has 1 rings (SSSR count). The predicted octanol–water partition coefficient (Wildman–Crippen LogP) is 1.18. The summed E-state index contributed by atoms with van der Waals surface area (Å²) < 4.78 is 4.58. The lowest BCUT2D eigenvalue weighted by Gasteiger charge is -2.22. The highest BCUT2D eigenvalue weighted by atomic mass is 16.5. The van der Waals surface area contributed by atoms with Crippen molar-refractivity contribution in [3.8, 4) is 0 Å². The lowest BCUT2D eigenvalue weighted by atomic mass is 10.2. The van der Waals surface area contributed by atoms with Crippen LogP contribution in [-0.2, 0) is 9.53 Å². The molecule has 0 aromatic rings. The molecule has 94 valence electrons. The van der Waals surface area contributed by atoms with Crippen molar-refractivity contribution in [2.75, 3.05) is 26.8 Å². The highest BCUT2D eigenvalue weighted by Gasteiger charge is 2.22. The third kappa shape index (κ3) is 4.49. The van der Waals surface area contributed by atoms with Gasteiger partial charge in [-0.15, -0.1) is 0 Å². The first kappa shape index (κ1) is 13.5. The molecule has 0 spiro atoms. The van der Waals surface area contributed by atoms with Gasteiger partial charge in [0.15, 0.2) is 0 Å². The van der Waals surface area contributed by atoms with E-state index in [1.807, 2.05) is 0 Å². The number of rotatable bonds is 7. The number of nitrogens with zero attached hydrogens (tertiary/aromatic N) is 1. The Balaban J connectivity index is 2.00. The van der Waals surface area contributed by atoms with Crippen LogP contribution in [-0.4, -0.2) is 48.8 Å². The van der Waals surface area contributed by atoms with Crippen LogP contribution in [0.15, 0.2) is 0 Å². The Morgan fingerprint density at radius 3 is 2.94 bits per heavy atom. The van der Waals surface area contributed by atoms with Gasteiger partial charge in [0.05, 0.1) is 13.7 Å². The van der Waals surface area contributed by atoms with Crippen molar-refractivity contribution < 1.29 is 14.6 Å². The van der Waals surface area contributed by atoms with Crippen LogP contribution in [0, 0.1) is 0 Å². The third-order valence-electron chi connectivity index (χ3n) is 3.26. The molecule has 0 amide bonds. The third-order valence-corrected chi connectivity index (χ3v) is 3.26. The van der Waals surface area contributed by atoms with Crippen LogP contribution in [0.25, 0.3) is 0 Å². The quantitative estimate of drug-likeness (QED) is 0.526. The van der Waals surface area contributed by atoms with Crippen molar-refractivity contribution >= 4 is 5.97 Å². The first-order valence-electron chi connectivity index (χ1n) is 6.19. The van der Waals surface area contributed by atoms with Gasteiger partial charge in [-0.05, 0) is 38.8 Å². The number of esters is 1. The highest BCUT2D eigenvalue weighted by molar-refractivity contribution is 5.68. The number of aliphatic hydroxyl groups excluding tert-OH is 1. The monoisotopic (exact) mass is 229 g/mol. The first-order chi connectivity index (χ1) is 7.77. The standard InChI is InChI=1S/C12H23NO3/c1-16-12(15)7-3-2-4-8-13-9-5-6-11(13)10-14/h11,14H,2-10H2,1H3/t11-/m0/s1. The number of carbonyl (C=O) groups is 1. The van der Waals surface area contributed by atoms with Crippen LogP contribution >= 0.6 is 0 Å². The SMILES string of the molecule is COC(=O)CCCCCN1CCC[C@H]1CO. The molecular weight excluding hydrogens is 206 g/mol. The molecule has 1 N–H and O–H groups in total. The van der Waals surface area contributed by atoms with E-state index in [1.165, 1.54) is 13.5 Å². The Morgan fingerprint density at radius 1 is 1.44 bits per heavy atom. The van der Waals surface area contributed by atoms with Crippen LogP contribution in [0.5, 0.6) is 0 Å². The first-order valence-corrected chi connectivity index (χ1v) is 6.19. The molecule has 0 aromatic heterocycles. The van der Waals surface area contributed by atoms with Crippen molar-refractivity contribution in [2.24, 2.45) is 0 Å². The Hall–Kier alpha value is -0.610. The van der Waals surface area contributed by atoms with Gasteiger partial charge < -0.3 is 9.84 Å². The molecule has 0 bridgehead atoms. The van der Waals surface area contributed by atoms with E-state index < -0.39 is 0 Å². The topological polar surface area (TPSA) is 49.8 Å². The molecule has 1 aliphatic heterocycles. The molecule has 0 saturated carbocycles. The van der Waals surface area contributed by atoms with Gasteiger partial charge in [-0.1, -0.05) is 6.42 Å². The maximum absolute atomic E-state index is 10.9. The molecule has 1 aliphatic rings. The van der Waals surface area contributed by atoms with Gasteiger partial charge in [0.25, 0.3) is 0 Å². The van der Waals surface area contributed by atoms with Crippen molar-refractivity contribution in [1.29, 1.82) is 0 Å². The summed E-state index contributed by atoms with van der Waals surface area (Å²) in [7, 11) is 1.43. The Labute approximate surface area is 97.6 Å². The number of hydrogen-bond acceptors (Lipinski definition) is 4. The lowest BCUT2D eigenvalue weighted by Crippen LogP contribution is -2.32. The normalized spacial score (nSPS) is 21.2. The molecule has 1 heterocycles. The number of hydrogen-bond donors (Lipinski definition) is 1. The zero-order chi connectivity index (χ0) is 11.8. The van der Waals surface area contributed by atoms with Crippen molar-refractivity contribution in [3.05, 3.63) is 0 Å². The van der Waals surface area contributed by atoms with Gasteiger partial charge in [-0.25, -0.2) is 0 Å². The highest BCUT2D eigenvalue weighted by Crippen LogP contribution is 2.17.